The SMILES string of the molecule is Cc1ccc(S(=O)(=O)n2cc(C(C)C)c3cc(Oc4c(C)cc(NN=C(C#N)C(=O)NC(=O)O)cc4C)ccc32)cc1. The van der Waals surface area contributed by atoms with Crippen LogP contribution in [0.25, 0.3) is 10.9 Å². The van der Waals surface area contributed by atoms with Crippen molar-refractivity contribution < 1.29 is 27.9 Å². The Balaban J connectivity index is 1.66. The number of hydrogen-bond acceptors (Lipinski definition) is 8. The molecule has 0 fully saturated rings. The van der Waals surface area contributed by atoms with Gasteiger partial charge in [-0.2, -0.15) is 10.4 Å². The molecule has 216 valence electrons. The lowest BCUT2D eigenvalue weighted by Crippen LogP contribution is -2.34. The van der Waals surface area contributed by atoms with Crippen molar-refractivity contribution in [3.63, 3.8) is 0 Å². The third-order valence-electron chi connectivity index (χ3n) is 6.49. The second-order valence-corrected chi connectivity index (χ2v) is 11.8. The summed E-state index contributed by atoms with van der Waals surface area (Å²) in [6, 6.07) is 16.9. The predicted octanol–water partition coefficient (Wildman–Crippen LogP) is 5.80. The predicted molar refractivity (Wildman–Crippen MR) is 159 cm³/mol. The molecule has 0 atom stereocenters. The molecule has 3 N–H and O–H groups in total. The number of fused-ring (bicyclic) bond motifs is 1. The largest absolute Gasteiger partial charge is 0.465 e. The van der Waals surface area contributed by atoms with Gasteiger partial charge in [-0.1, -0.05) is 31.5 Å². The van der Waals surface area contributed by atoms with Crippen molar-refractivity contribution in [1.29, 1.82) is 5.26 Å². The summed E-state index contributed by atoms with van der Waals surface area (Å²) in [5.74, 6) is -0.0345. The molecule has 0 spiro atoms. The van der Waals surface area contributed by atoms with Gasteiger partial charge in [0.15, 0.2) is 0 Å². The first-order valence-electron chi connectivity index (χ1n) is 12.9. The highest BCUT2D eigenvalue weighted by atomic mass is 32.2. The number of imide groups is 1. The molecule has 0 aliphatic heterocycles. The number of nitriles is 1. The van der Waals surface area contributed by atoms with E-state index in [2.05, 4.69) is 10.5 Å². The van der Waals surface area contributed by atoms with Crippen LogP contribution in [0.1, 0.15) is 42.0 Å². The second-order valence-electron chi connectivity index (χ2n) is 10.0. The molecule has 0 aliphatic carbocycles. The highest BCUT2D eigenvalue weighted by molar-refractivity contribution is 7.90. The highest BCUT2D eigenvalue weighted by Crippen LogP contribution is 2.36. The van der Waals surface area contributed by atoms with Gasteiger partial charge in [-0.25, -0.2) is 17.2 Å². The Morgan fingerprint density at radius 2 is 1.67 bits per heavy atom. The number of hydrazone groups is 1. The van der Waals surface area contributed by atoms with Crippen LogP contribution in [0.15, 0.2) is 70.8 Å². The fraction of sp³-hybridized carbons (Fsp3) is 0.200. The monoisotopic (exact) mass is 587 g/mol. The molecule has 3 aromatic carbocycles. The number of carboxylic acid groups (broad SMARTS) is 1. The van der Waals surface area contributed by atoms with E-state index in [1.54, 1.807) is 66.1 Å². The zero-order valence-electron chi connectivity index (χ0n) is 23.6. The summed E-state index contributed by atoms with van der Waals surface area (Å²) >= 11 is 0. The lowest BCUT2D eigenvalue weighted by atomic mass is 10.0. The van der Waals surface area contributed by atoms with Crippen LogP contribution in [-0.2, 0) is 14.8 Å². The van der Waals surface area contributed by atoms with Gasteiger partial charge in [-0.15, -0.1) is 0 Å². The molecule has 1 heterocycles. The summed E-state index contributed by atoms with van der Waals surface area (Å²) in [5, 5.41) is 23.8. The van der Waals surface area contributed by atoms with Gasteiger partial charge in [0.2, 0.25) is 5.71 Å². The molecule has 0 unspecified atom stereocenters. The van der Waals surface area contributed by atoms with Crippen molar-refractivity contribution in [3.8, 4) is 17.6 Å². The Kier molecular flexibility index (Phi) is 8.35. The maximum absolute atomic E-state index is 13.5. The Morgan fingerprint density at radius 1 is 1.02 bits per heavy atom. The van der Waals surface area contributed by atoms with Crippen LogP contribution in [0.5, 0.6) is 11.5 Å². The Bertz CT molecular complexity index is 1860. The van der Waals surface area contributed by atoms with Gasteiger partial charge in [-0.05, 0) is 85.8 Å². The average molecular weight is 588 g/mol. The van der Waals surface area contributed by atoms with E-state index in [9.17, 15) is 18.0 Å². The van der Waals surface area contributed by atoms with Crippen LogP contribution in [0.2, 0.25) is 0 Å². The quantitative estimate of drug-likeness (QED) is 0.172. The van der Waals surface area contributed by atoms with Crippen molar-refractivity contribution in [2.24, 2.45) is 5.10 Å². The van der Waals surface area contributed by atoms with Crippen LogP contribution >= 0.6 is 0 Å². The fourth-order valence-corrected chi connectivity index (χ4v) is 5.82. The number of amides is 2. The van der Waals surface area contributed by atoms with Crippen molar-refractivity contribution >= 4 is 44.3 Å². The normalized spacial score (nSPS) is 11.8. The van der Waals surface area contributed by atoms with Crippen LogP contribution in [0.3, 0.4) is 0 Å². The van der Waals surface area contributed by atoms with E-state index in [1.807, 2.05) is 40.7 Å². The van der Waals surface area contributed by atoms with Crippen molar-refractivity contribution in [1.82, 2.24) is 9.29 Å². The molecule has 1 aromatic heterocycles. The standard InChI is InChI=1S/C30H29N5O6S/c1-17(2)25-16-35(42(39,40)23-9-6-18(3)7-10-23)27-11-8-22(14-24(25)27)41-28-19(4)12-21(13-20(28)5)33-34-26(15-31)29(36)32-30(37)38/h6-14,16-17,33H,1-5H3,(H,32,36)(H,37,38). The Hall–Kier alpha value is -5.15. The molecular formula is C30H29N5O6S. The molecule has 2 amide bonds. The first-order valence-corrected chi connectivity index (χ1v) is 14.3. The third kappa shape index (κ3) is 6.11. The van der Waals surface area contributed by atoms with E-state index in [1.165, 1.54) is 3.97 Å². The molecule has 4 aromatic rings. The van der Waals surface area contributed by atoms with Crippen LogP contribution in [-0.4, -0.2) is 35.2 Å². The smallest absolute Gasteiger partial charge is 0.411 e. The fourth-order valence-electron chi connectivity index (χ4n) is 4.45. The molecule has 0 aliphatic rings. The zero-order valence-corrected chi connectivity index (χ0v) is 24.4. The Labute approximate surface area is 243 Å². The van der Waals surface area contributed by atoms with Crippen LogP contribution < -0.4 is 15.5 Å². The minimum Gasteiger partial charge on any atom is -0.465 e. The molecule has 42 heavy (non-hydrogen) atoms. The van der Waals surface area contributed by atoms with Gasteiger partial charge in [-0.3, -0.25) is 15.5 Å². The number of nitrogens with zero attached hydrogens (tertiary/aromatic N) is 3. The summed E-state index contributed by atoms with van der Waals surface area (Å²) in [6.07, 6.45) is 0.0668. The zero-order chi connectivity index (χ0) is 30.8. The maximum Gasteiger partial charge on any atom is 0.411 e. The topological polar surface area (TPSA) is 163 Å². The lowest BCUT2D eigenvalue weighted by Gasteiger charge is -2.14. The van der Waals surface area contributed by atoms with Crippen molar-refractivity contribution in [2.75, 3.05) is 5.43 Å². The maximum atomic E-state index is 13.5. The van der Waals surface area contributed by atoms with Crippen molar-refractivity contribution in [3.05, 3.63) is 83.0 Å². The minimum atomic E-state index is -3.83. The summed E-state index contributed by atoms with van der Waals surface area (Å²) < 4.78 is 34.7. The first kappa shape index (κ1) is 29.8. The van der Waals surface area contributed by atoms with Crippen LogP contribution in [0.4, 0.5) is 10.5 Å². The number of nitrogens with one attached hydrogen (secondary N) is 2. The third-order valence-corrected chi connectivity index (χ3v) is 8.18. The number of carbonyl (C=O) groups excluding carboxylic acids is 1. The van der Waals surface area contributed by atoms with Gasteiger partial charge >= 0.3 is 6.09 Å². The Morgan fingerprint density at radius 3 is 2.24 bits per heavy atom. The minimum absolute atomic E-state index is 0.0440. The molecular weight excluding hydrogens is 558 g/mol. The number of ether oxygens (including phenoxy) is 1. The molecule has 11 nitrogen and oxygen atoms in total. The van der Waals surface area contributed by atoms with E-state index in [0.29, 0.717) is 33.8 Å². The van der Waals surface area contributed by atoms with E-state index >= 15 is 0 Å². The van der Waals surface area contributed by atoms with Gasteiger partial charge in [0.25, 0.3) is 15.9 Å². The van der Waals surface area contributed by atoms with Crippen LogP contribution in [0, 0.1) is 32.1 Å². The first-order chi connectivity index (χ1) is 19.8. The summed E-state index contributed by atoms with van der Waals surface area (Å²) in [7, 11) is -3.83. The second kappa shape index (κ2) is 11.8. The number of benzene rings is 3. The molecule has 0 bridgehead atoms. The average Bonchev–Trinajstić information content (AvgIpc) is 3.31. The molecule has 4 rings (SSSR count). The van der Waals surface area contributed by atoms with Crippen molar-refractivity contribution in [2.45, 2.75) is 45.4 Å². The van der Waals surface area contributed by atoms with Gasteiger partial charge < -0.3 is 9.84 Å². The van der Waals surface area contributed by atoms with E-state index < -0.39 is 27.7 Å². The van der Waals surface area contributed by atoms with Gasteiger partial charge in [0.1, 0.15) is 17.6 Å². The number of aromatic nitrogens is 1. The number of anilines is 1. The number of hydrogen-bond donors (Lipinski definition) is 3. The van der Waals surface area contributed by atoms with Gasteiger partial charge in [0.05, 0.1) is 16.1 Å². The summed E-state index contributed by atoms with van der Waals surface area (Å²) in [4.78, 5) is 22.6. The molecule has 12 heteroatoms. The molecule has 0 saturated carbocycles. The summed E-state index contributed by atoms with van der Waals surface area (Å²) in [5.41, 5.74) is 6.18. The molecule has 0 radical (unpaired) electrons. The number of carbonyl (C=O) groups is 2. The van der Waals surface area contributed by atoms with E-state index in [4.69, 9.17) is 15.1 Å². The lowest BCUT2D eigenvalue weighted by molar-refractivity contribution is -0.114. The van der Waals surface area contributed by atoms with E-state index in [-0.39, 0.29) is 10.8 Å². The van der Waals surface area contributed by atoms with E-state index in [0.717, 1.165) is 16.5 Å². The van der Waals surface area contributed by atoms with Gasteiger partial charge in [0, 0.05) is 11.6 Å². The number of rotatable bonds is 8. The number of aryl methyl sites for hydroxylation is 3. The highest BCUT2D eigenvalue weighted by Gasteiger charge is 2.23. The summed E-state index contributed by atoms with van der Waals surface area (Å²) in [6.45, 7) is 9.51. The molecule has 0 saturated heterocycles.